The van der Waals surface area contributed by atoms with Crippen LogP contribution in [0.2, 0.25) is 0 Å². The van der Waals surface area contributed by atoms with Crippen molar-refractivity contribution in [3.63, 3.8) is 0 Å². The van der Waals surface area contributed by atoms with Crippen LogP contribution in [0.25, 0.3) is 6.08 Å². The first-order valence-electron chi connectivity index (χ1n) is 15.2. The van der Waals surface area contributed by atoms with Gasteiger partial charge < -0.3 is 18.9 Å². The molecule has 0 aromatic heterocycles. The first-order chi connectivity index (χ1) is 19.9. The van der Waals surface area contributed by atoms with Gasteiger partial charge in [-0.1, -0.05) is 77.9 Å². The molecule has 0 radical (unpaired) electrons. The Hall–Kier alpha value is -3.57. The maximum Gasteiger partial charge on any atom is 0.226 e. The maximum absolute atomic E-state index is 13.4. The molecule has 0 aliphatic carbocycles. The molecule has 1 aliphatic rings. The number of hydrogen-bond acceptors (Lipinski definition) is 3. The largest absolute Gasteiger partial charge is 0.486 e. The Labute approximate surface area is 247 Å². The van der Waals surface area contributed by atoms with E-state index in [1.54, 1.807) is 0 Å². The van der Waals surface area contributed by atoms with E-state index in [0.29, 0.717) is 26.2 Å². The summed E-state index contributed by atoms with van der Waals surface area (Å²) in [5, 5.41) is 0. The van der Waals surface area contributed by atoms with E-state index in [-0.39, 0.29) is 5.91 Å². The summed E-state index contributed by atoms with van der Waals surface area (Å²) in [6, 6.07) is 23.1. The Morgan fingerprint density at radius 3 is 2.27 bits per heavy atom. The molecular weight excluding hydrogens is 508 g/mol. The third kappa shape index (κ3) is 8.96. The van der Waals surface area contributed by atoms with E-state index >= 15 is 0 Å². The Bertz CT molecular complexity index is 1280. The lowest BCUT2D eigenvalue weighted by Crippen LogP contribution is -2.47. The van der Waals surface area contributed by atoms with E-state index < -0.39 is 0 Å². The van der Waals surface area contributed by atoms with Crippen molar-refractivity contribution in [3.8, 4) is 11.5 Å². The quantitative estimate of drug-likeness (QED) is 0.154. The summed E-state index contributed by atoms with van der Waals surface area (Å²) in [6.45, 7) is 15.8. The molecule has 3 aromatic rings. The molecule has 41 heavy (non-hydrogen) atoms. The summed E-state index contributed by atoms with van der Waals surface area (Å²) < 4.78 is 12.6. The molecule has 1 amide bonds. The van der Waals surface area contributed by atoms with Crippen molar-refractivity contribution in [2.75, 3.05) is 39.4 Å². The van der Waals surface area contributed by atoms with Crippen molar-refractivity contribution in [2.45, 2.75) is 60.0 Å². The number of amides is 1. The molecule has 0 unspecified atom stereocenters. The standard InChI is InChI=1S/C36H47N2O3/c1-5-38(6-2,28-33-24-29(3)23-30(4)25-33)20-11-10-19-37(36(39)16-12-15-31-13-8-7-9-14-31)27-32-17-18-34-35(26-32)41-22-21-40-34/h7-9,12-15,17-18,23-26H,5-6,10-11,16,19-22,27-28H2,1-4H3/q+1/b15-12-. The summed E-state index contributed by atoms with van der Waals surface area (Å²) in [4.78, 5) is 15.5. The van der Waals surface area contributed by atoms with E-state index in [1.807, 2.05) is 53.5 Å². The van der Waals surface area contributed by atoms with Gasteiger partial charge in [0.05, 0.1) is 19.6 Å². The van der Waals surface area contributed by atoms with Crippen LogP contribution in [0.5, 0.6) is 11.5 Å². The van der Waals surface area contributed by atoms with Crippen molar-refractivity contribution in [1.29, 1.82) is 0 Å². The molecule has 0 saturated carbocycles. The van der Waals surface area contributed by atoms with Crippen LogP contribution in [0, 0.1) is 13.8 Å². The van der Waals surface area contributed by atoms with Crippen LogP contribution in [0.4, 0.5) is 0 Å². The lowest BCUT2D eigenvalue weighted by atomic mass is 10.1. The fraction of sp³-hybridized carbons (Fsp3) is 0.417. The number of hydrogen-bond donors (Lipinski definition) is 0. The summed E-state index contributed by atoms with van der Waals surface area (Å²) in [5.74, 6) is 1.69. The van der Waals surface area contributed by atoms with Crippen LogP contribution in [0.15, 0.2) is 72.8 Å². The number of rotatable bonds is 14. The van der Waals surface area contributed by atoms with Gasteiger partial charge in [-0.2, -0.15) is 0 Å². The van der Waals surface area contributed by atoms with E-state index in [1.165, 1.54) is 16.7 Å². The lowest BCUT2D eigenvalue weighted by molar-refractivity contribution is -0.938. The van der Waals surface area contributed by atoms with E-state index in [9.17, 15) is 4.79 Å². The number of ether oxygens (including phenoxy) is 2. The monoisotopic (exact) mass is 555 g/mol. The Morgan fingerprint density at radius 1 is 0.854 bits per heavy atom. The second kappa shape index (κ2) is 14.9. The van der Waals surface area contributed by atoms with Gasteiger partial charge in [0.25, 0.3) is 0 Å². The number of quaternary nitrogens is 1. The normalized spacial score (nSPS) is 13.0. The molecule has 1 aliphatic heterocycles. The van der Waals surface area contributed by atoms with E-state index in [2.05, 4.69) is 58.0 Å². The number of unbranched alkanes of at least 4 members (excludes halogenated alkanes) is 1. The Kier molecular flexibility index (Phi) is 11.0. The highest BCUT2D eigenvalue weighted by Gasteiger charge is 2.24. The summed E-state index contributed by atoms with van der Waals surface area (Å²) in [5.41, 5.74) is 6.26. The number of carbonyl (C=O) groups excluding carboxylic acids is 1. The highest BCUT2D eigenvalue weighted by Crippen LogP contribution is 2.31. The van der Waals surface area contributed by atoms with Crippen LogP contribution in [-0.2, 0) is 17.9 Å². The first-order valence-corrected chi connectivity index (χ1v) is 15.2. The molecule has 0 atom stereocenters. The van der Waals surface area contributed by atoms with Crippen LogP contribution < -0.4 is 9.47 Å². The second-order valence-corrected chi connectivity index (χ2v) is 11.4. The van der Waals surface area contributed by atoms with Gasteiger partial charge in [0, 0.05) is 25.1 Å². The third-order valence-electron chi connectivity index (χ3n) is 8.19. The summed E-state index contributed by atoms with van der Waals surface area (Å²) in [7, 11) is 0. The zero-order valence-electron chi connectivity index (χ0n) is 25.4. The van der Waals surface area contributed by atoms with Gasteiger partial charge in [0.1, 0.15) is 19.8 Å². The molecule has 218 valence electrons. The summed E-state index contributed by atoms with van der Waals surface area (Å²) in [6.07, 6.45) is 6.45. The molecule has 0 spiro atoms. The molecule has 5 nitrogen and oxygen atoms in total. The predicted molar refractivity (Wildman–Crippen MR) is 168 cm³/mol. The Morgan fingerprint density at radius 2 is 1.56 bits per heavy atom. The minimum atomic E-state index is 0.147. The van der Waals surface area contributed by atoms with Gasteiger partial charge >= 0.3 is 0 Å². The minimum absolute atomic E-state index is 0.147. The molecule has 3 aromatic carbocycles. The fourth-order valence-corrected chi connectivity index (χ4v) is 5.83. The molecule has 0 saturated heterocycles. The molecule has 0 fully saturated rings. The van der Waals surface area contributed by atoms with Gasteiger partial charge in [-0.05, 0) is 63.8 Å². The van der Waals surface area contributed by atoms with Gasteiger partial charge in [0.15, 0.2) is 11.5 Å². The number of nitrogens with zero attached hydrogens (tertiary/aromatic N) is 2. The highest BCUT2D eigenvalue weighted by atomic mass is 16.6. The SMILES string of the molecule is CC[N+](CC)(CCCCN(Cc1ccc2c(c1)OCCO2)C(=O)C/C=C\c1ccccc1)Cc1cc(C)cc(C)c1. The number of benzene rings is 3. The summed E-state index contributed by atoms with van der Waals surface area (Å²) >= 11 is 0. The third-order valence-corrected chi connectivity index (χ3v) is 8.19. The number of carbonyl (C=O) groups is 1. The topological polar surface area (TPSA) is 38.8 Å². The number of fused-ring (bicyclic) bond motifs is 1. The van der Waals surface area contributed by atoms with Crippen molar-refractivity contribution in [2.24, 2.45) is 0 Å². The smallest absolute Gasteiger partial charge is 0.226 e. The lowest BCUT2D eigenvalue weighted by Gasteiger charge is -2.37. The second-order valence-electron chi connectivity index (χ2n) is 11.4. The minimum Gasteiger partial charge on any atom is -0.486 e. The van der Waals surface area contributed by atoms with E-state index in [0.717, 1.165) is 72.7 Å². The average Bonchev–Trinajstić information content (AvgIpc) is 2.98. The van der Waals surface area contributed by atoms with Gasteiger partial charge in [-0.3, -0.25) is 4.79 Å². The predicted octanol–water partition coefficient (Wildman–Crippen LogP) is 7.34. The molecule has 0 N–H and O–H groups in total. The number of aryl methyl sites for hydroxylation is 2. The van der Waals surface area contributed by atoms with Crippen molar-refractivity contribution in [3.05, 3.63) is 101 Å². The molecule has 1 heterocycles. The van der Waals surface area contributed by atoms with E-state index in [4.69, 9.17) is 9.47 Å². The zero-order valence-corrected chi connectivity index (χ0v) is 25.4. The van der Waals surface area contributed by atoms with Crippen LogP contribution >= 0.6 is 0 Å². The maximum atomic E-state index is 13.4. The van der Waals surface area contributed by atoms with Gasteiger partial charge in [0.2, 0.25) is 5.91 Å². The van der Waals surface area contributed by atoms with Crippen LogP contribution in [0.1, 0.15) is 60.9 Å². The highest BCUT2D eigenvalue weighted by molar-refractivity contribution is 5.78. The molecular formula is C36H47N2O3+. The van der Waals surface area contributed by atoms with Crippen molar-refractivity contribution in [1.82, 2.24) is 4.90 Å². The Balaban J connectivity index is 1.40. The van der Waals surface area contributed by atoms with Crippen molar-refractivity contribution >= 4 is 12.0 Å². The fourth-order valence-electron chi connectivity index (χ4n) is 5.83. The van der Waals surface area contributed by atoms with Crippen molar-refractivity contribution < 1.29 is 18.8 Å². The molecule has 5 heteroatoms. The zero-order chi connectivity index (χ0) is 29.1. The van der Waals surface area contributed by atoms with Gasteiger partial charge in [-0.15, -0.1) is 0 Å². The van der Waals surface area contributed by atoms with Crippen LogP contribution in [0.3, 0.4) is 0 Å². The van der Waals surface area contributed by atoms with Crippen LogP contribution in [-0.4, -0.2) is 54.7 Å². The first kappa shape index (κ1) is 30.4. The molecule has 0 bridgehead atoms. The molecule has 4 rings (SSSR count). The van der Waals surface area contributed by atoms with Gasteiger partial charge in [-0.25, -0.2) is 0 Å². The average molecular weight is 556 g/mol.